The second kappa shape index (κ2) is 7.34. The lowest BCUT2D eigenvalue weighted by Gasteiger charge is -2.35. The van der Waals surface area contributed by atoms with Crippen molar-refractivity contribution in [3.63, 3.8) is 0 Å². The van der Waals surface area contributed by atoms with Crippen LogP contribution in [0.4, 0.5) is 0 Å². The first kappa shape index (κ1) is 14.9. The van der Waals surface area contributed by atoms with Gasteiger partial charge in [0.25, 0.3) is 0 Å². The number of hydrogen-bond donors (Lipinski definition) is 0. The van der Waals surface area contributed by atoms with Crippen LogP contribution in [0.3, 0.4) is 0 Å². The highest BCUT2D eigenvalue weighted by Crippen LogP contribution is 2.09. The smallest absolute Gasteiger partial charge is 0.0829 e. The summed E-state index contributed by atoms with van der Waals surface area (Å²) in [6, 6.07) is 0. The fourth-order valence-electron chi connectivity index (χ4n) is 2.62. The molecular weight excluding hydrogens is 212 g/mol. The Morgan fingerprint density at radius 2 is 1.94 bits per heavy atom. The predicted molar refractivity (Wildman–Crippen MR) is 73.4 cm³/mol. The molecule has 1 fully saturated rings. The van der Waals surface area contributed by atoms with E-state index in [4.69, 9.17) is 4.74 Å². The van der Waals surface area contributed by atoms with Crippen LogP contribution in [-0.2, 0) is 4.74 Å². The van der Waals surface area contributed by atoms with Crippen LogP contribution < -0.4 is 0 Å². The number of nitrogens with zero attached hydrogens (tertiary/aromatic N) is 2. The summed E-state index contributed by atoms with van der Waals surface area (Å²) in [6.45, 7) is 15.6. The molecule has 3 heteroatoms. The van der Waals surface area contributed by atoms with E-state index < -0.39 is 0 Å². The summed E-state index contributed by atoms with van der Waals surface area (Å²) in [6.07, 6.45) is 0.395. The van der Waals surface area contributed by atoms with Crippen LogP contribution in [0.25, 0.3) is 0 Å². The van der Waals surface area contributed by atoms with Gasteiger partial charge in [0.1, 0.15) is 0 Å². The summed E-state index contributed by atoms with van der Waals surface area (Å²) in [4.78, 5) is 4.94. The maximum atomic E-state index is 5.86. The Hall–Kier alpha value is -0.120. The monoisotopic (exact) mass is 242 g/mol. The van der Waals surface area contributed by atoms with Crippen LogP contribution in [0.2, 0.25) is 0 Å². The van der Waals surface area contributed by atoms with Gasteiger partial charge in [-0.1, -0.05) is 27.7 Å². The molecule has 1 unspecified atom stereocenters. The Bertz CT molecular complexity index is 204. The molecule has 1 saturated heterocycles. The van der Waals surface area contributed by atoms with Gasteiger partial charge in [0.05, 0.1) is 12.7 Å². The van der Waals surface area contributed by atoms with Crippen molar-refractivity contribution >= 4 is 0 Å². The molecule has 3 nitrogen and oxygen atoms in total. The van der Waals surface area contributed by atoms with E-state index in [9.17, 15) is 0 Å². The maximum Gasteiger partial charge on any atom is 0.0829 e. The molecule has 0 aliphatic carbocycles. The molecule has 0 aromatic rings. The normalized spacial score (nSPS) is 22.9. The third kappa shape index (κ3) is 6.39. The summed E-state index contributed by atoms with van der Waals surface area (Å²) in [5, 5.41) is 0. The predicted octanol–water partition coefficient (Wildman–Crippen LogP) is 1.93. The SMILES string of the molecule is CC(C)CN(C)CC1CN(CC(C)C)CCO1. The highest BCUT2D eigenvalue weighted by atomic mass is 16.5. The highest BCUT2D eigenvalue weighted by molar-refractivity contribution is 4.75. The van der Waals surface area contributed by atoms with Crippen molar-refractivity contribution in [2.75, 3.05) is 46.4 Å². The van der Waals surface area contributed by atoms with E-state index in [2.05, 4.69) is 44.5 Å². The van der Waals surface area contributed by atoms with Gasteiger partial charge < -0.3 is 9.64 Å². The van der Waals surface area contributed by atoms with Crippen molar-refractivity contribution < 1.29 is 4.74 Å². The van der Waals surface area contributed by atoms with Gasteiger partial charge >= 0.3 is 0 Å². The van der Waals surface area contributed by atoms with E-state index >= 15 is 0 Å². The third-order valence-corrected chi connectivity index (χ3v) is 3.04. The summed E-state index contributed by atoms with van der Waals surface area (Å²) in [5.41, 5.74) is 0. The molecule has 1 aliphatic rings. The van der Waals surface area contributed by atoms with Crippen molar-refractivity contribution in [2.45, 2.75) is 33.8 Å². The maximum absolute atomic E-state index is 5.86. The lowest BCUT2D eigenvalue weighted by molar-refractivity contribution is -0.0441. The Morgan fingerprint density at radius 3 is 2.53 bits per heavy atom. The molecular formula is C14H30N2O. The van der Waals surface area contributed by atoms with E-state index in [1.165, 1.54) is 6.54 Å². The minimum atomic E-state index is 0.395. The van der Waals surface area contributed by atoms with Crippen molar-refractivity contribution in [3.8, 4) is 0 Å². The largest absolute Gasteiger partial charge is 0.374 e. The zero-order valence-electron chi connectivity index (χ0n) is 12.3. The van der Waals surface area contributed by atoms with Gasteiger partial charge in [0.2, 0.25) is 0 Å². The number of rotatable bonds is 6. The lowest BCUT2D eigenvalue weighted by Crippen LogP contribution is -2.48. The molecule has 1 atom stereocenters. The topological polar surface area (TPSA) is 15.7 Å². The Labute approximate surface area is 107 Å². The fourth-order valence-corrected chi connectivity index (χ4v) is 2.62. The van der Waals surface area contributed by atoms with Crippen molar-refractivity contribution in [1.82, 2.24) is 9.80 Å². The molecule has 0 radical (unpaired) electrons. The Morgan fingerprint density at radius 1 is 1.24 bits per heavy atom. The molecule has 1 aliphatic heterocycles. The van der Waals surface area contributed by atoms with Crippen LogP contribution in [0.1, 0.15) is 27.7 Å². The lowest BCUT2D eigenvalue weighted by atomic mass is 10.1. The van der Waals surface area contributed by atoms with Crippen molar-refractivity contribution in [1.29, 1.82) is 0 Å². The van der Waals surface area contributed by atoms with E-state index in [0.717, 1.165) is 44.6 Å². The fraction of sp³-hybridized carbons (Fsp3) is 1.00. The summed E-state index contributed by atoms with van der Waals surface area (Å²) in [5.74, 6) is 1.48. The molecule has 1 rings (SSSR count). The summed E-state index contributed by atoms with van der Waals surface area (Å²) >= 11 is 0. The first-order valence-corrected chi connectivity index (χ1v) is 7.00. The van der Waals surface area contributed by atoms with Gasteiger partial charge in [-0.25, -0.2) is 0 Å². The zero-order valence-corrected chi connectivity index (χ0v) is 12.3. The molecule has 0 aromatic carbocycles. The van der Waals surface area contributed by atoms with Crippen LogP contribution in [0, 0.1) is 11.8 Å². The van der Waals surface area contributed by atoms with Gasteiger partial charge in [-0.3, -0.25) is 4.90 Å². The third-order valence-electron chi connectivity index (χ3n) is 3.04. The van der Waals surface area contributed by atoms with Gasteiger partial charge in [0, 0.05) is 32.7 Å². The molecule has 0 spiro atoms. The minimum Gasteiger partial charge on any atom is -0.374 e. The van der Waals surface area contributed by atoms with Gasteiger partial charge in [-0.15, -0.1) is 0 Å². The van der Waals surface area contributed by atoms with Crippen LogP contribution in [-0.4, -0.2) is 62.3 Å². The second-order valence-electron chi connectivity index (χ2n) is 6.26. The van der Waals surface area contributed by atoms with Gasteiger partial charge in [-0.2, -0.15) is 0 Å². The van der Waals surface area contributed by atoms with E-state index in [-0.39, 0.29) is 0 Å². The van der Waals surface area contributed by atoms with Crippen LogP contribution >= 0.6 is 0 Å². The first-order valence-electron chi connectivity index (χ1n) is 7.00. The summed E-state index contributed by atoms with van der Waals surface area (Å²) in [7, 11) is 2.20. The van der Waals surface area contributed by atoms with Crippen LogP contribution in [0.15, 0.2) is 0 Å². The quantitative estimate of drug-likeness (QED) is 0.708. The molecule has 0 saturated carbocycles. The number of hydrogen-bond acceptors (Lipinski definition) is 3. The molecule has 1 heterocycles. The second-order valence-corrected chi connectivity index (χ2v) is 6.26. The van der Waals surface area contributed by atoms with Crippen LogP contribution in [0.5, 0.6) is 0 Å². The first-order chi connectivity index (χ1) is 7.97. The van der Waals surface area contributed by atoms with E-state index in [0.29, 0.717) is 6.10 Å². The van der Waals surface area contributed by atoms with Gasteiger partial charge in [0.15, 0.2) is 0 Å². The molecule has 0 N–H and O–H groups in total. The number of ether oxygens (including phenoxy) is 1. The molecule has 0 aromatic heterocycles. The van der Waals surface area contributed by atoms with Crippen molar-refractivity contribution in [2.24, 2.45) is 11.8 Å². The standard InChI is InChI=1S/C14H30N2O/c1-12(2)8-15(5)10-14-11-16(6-7-17-14)9-13(3)4/h12-14H,6-11H2,1-5H3. The number of likely N-dealkylation sites (N-methyl/N-ethyl adjacent to an activating group) is 1. The highest BCUT2D eigenvalue weighted by Gasteiger charge is 2.22. The van der Waals surface area contributed by atoms with Gasteiger partial charge in [-0.05, 0) is 18.9 Å². The van der Waals surface area contributed by atoms with Crippen molar-refractivity contribution in [3.05, 3.63) is 0 Å². The number of morpholine rings is 1. The molecule has 0 bridgehead atoms. The zero-order chi connectivity index (χ0) is 12.8. The minimum absolute atomic E-state index is 0.395. The van der Waals surface area contributed by atoms with E-state index in [1.54, 1.807) is 0 Å². The average Bonchev–Trinajstić information content (AvgIpc) is 2.14. The molecule has 102 valence electrons. The average molecular weight is 242 g/mol. The summed E-state index contributed by atoms with van der Waals surface area (Å²) < 4.78 is 5.86. The Kier molecular flexibility index (Phi) is 6.45. The Balaban J connectivity index is 2.29. The molecule has 0 amide bonds. The molecule has 17 heavy (non-hydrogen) atoms. The van der Waals surface area contributed by atoms with E-state index in [1.807, 2.05) is 0 Å².